The zero-order valence-electron chi connectivity index (χ0n) is 10.7. The maximum absolute atomic E-state index is 3.27. The number of para-hydroxylation sites is 1. The van der Waals surface area contributed by atoms with E-state index in [0.29, 0.717) is 6.04 Å². The molecule has 0 amide bonds. The number of hydrogen-bond donors (Lipinski definition) is 1. The molecule has 0 fully saturated rings. The van der Waals surface area contributed by atoms with E-state index in [0.717, 1.165) is 6.54 Å². The minimum Gasteiger partial charge on any atom is -0.375 e. The number of anilines is 1. The van der Waals surface area contributed by atoms with Crippen molar-refractivity contribution >= 4 is 5.69 Å². The van der Waals surface area contributed by atoms with Crippen LogP contribution in [0.3, 0.4) is 0 Å². The Morgan fingerprint density at radius 2 is 1.88 bits per heavy atom. The number of nitrogens with one attached hydrogen (secondary N) is 1. The fourth-order valence-corrected chi connectivity index (χ4v) is 1.76. The monoisotopic (exact) mass is 220 g/mol. The summed E-state index contributed by atoms with van der Waals surface area (Å²) in [6.45, 7) is 3.38. The van der Waals surface area contributed by atoms with E-state index in [9.17, 15) is 0 Å². The Balaban J connectivity index is 2.18. The van der Waals surface area contributed by atoms with Crippen molar-refractivity contribution in [2.75, 3.05) is 25.5 Å². The van der Waals surface area contributed by atoms with Gasteiger partial charge in [0.2, 0.25) is 0 Å². The molecule has 1 N–H and O–H groups in total. The molecule has 90 valence electrons. The Morgan fingerprint density at radius 3 is 2.50 bits per heavy atom. The van der Waals surface area contributed by atoms with Gasteiger partial charge < -0.3 is 10.2 Å². The molecule has 0 radical (unpaired) electrons. The van der Waals surface area contributed by atoms with E-state index < -0.39 is 0 Å². The summed E-state index contributed by atoms with van der Waals surface area (Å²) >= 11 is 0. The van der Waals surface area contributed by atoms with Crippen LogP contribution < -0.4 is 10.2 Å². The van der Waals surface area contributed by atoms with E-state index in [1.165, 1.54) is 24.9 Å². The van der Waals surface area contributed by atoms with Crippen molar-refractivity contribution in [1.82, 2.24) is 5.32 Å². The van der Waals surface area contributed by atoms with E-state index in [1.807, 2.05) is 7.05 Å². The van der Waals surface area contributed by atoms with Crippen molar-refractivity contribution < 1.29 is 0 Å². The number of benzene rings is 1. The molecule has 1 unspecified atom stereocenters. The van der Waals surface area contributed by atoms with E-state index in [1.54, 1.807) is 0 Å². The summed E-state index contributed by atoms with van der Waals surface area (Å²) < 4.78 is 0. The van der Waals surface area contributed by atoms with Crippen molar-refractivity contribution in [2.45, 2.75) is 32.2 Å². The molecule has 0 aliphatic rings. The summed E-state index contributed by atoms with van der Waals surface area (Å²) in [5.74, 6) is 0. The first-order valence-electron chi connectivity index (χ1n) is 6.17. The third-order valence-corrected chi connectivity index (χ3v) is 3.07. The average molecular weight is 220 g/mol. The maximum atomic E-state index is 3.27. The molecular weight excluding hydrogens is 196 g/mol. The van der Waals surface area contributed by atoms with E-state index in [2.05, 4.69) is 54.5 Å². The van der Waals surface area contributed by atoms with Crippen molar-refractivity contribution in [3.63, 3.8) is 0 Å². The zero-order chi connectivity index (χ0) is 11.8. The van der Waals surface area contributed by atoms with Crippen LogP contribution in [0.5, 0.6) is 0 Å². The van der Waals surface area contributed by atoms with Gasteiger partial charge in [0.1, 0.15) is 0 Å². The highest BCUT2D eigenvalue weighted by Crippen LogP contribution is 2.12. The highest BCUT2D eigenvalue weighted by molar-refractivity contribution is 5.44. The molecular formula is C14H24N2. The second-order valence-electron chi connectivity index (χ2n) is 4.44. The van der Waals surface area contributed by atoms with Gasteiger partial charge in [0.15, 0.2) is 0 Å². The van der Waals surface area contributed by atoms with Gasteiger partial charge in [-0.3, -0.25) is 0 Å². The Labute approximate surface area is 99.7 Å². The molecule has 0 aliphatic carbocycles. The van der Waals surface area contributed by atoms with Gasteiger partial charge in [-0.05, 0) is 38.9 Å². The van der Waals surface area contributed by atoms with Gasteiger partial charge >= 0.3 is 0 Å². The van der Waals surface area contributed by atoms with Gasteiger partial charge in [-0.25, -0.2) is 0 Å². The van der Waals surface area contributed by atoms with Crippen LogP contribution in [-0.2, 0) is 0 Å². The molecule has 1 aromatic rings. The van der Waals surface area contributed by atoms with Crippen molar-refractivity contribution in [3.05, 3.63) is 30.3 Å². The first-order chi connectivity index (χ1) is 7.74. The van der Waals surface area contributed by atoms with Gasteiger partial charge in [-0.15, -0.1) is 0 Å². The molecule has 0 bridgehead atoms. The number of unbranched alkanes of at least 4 members (excludes halogenated alkanes) is 1. The van der Waals surface area contributed by atoms with Gasteiger partial charge in [-0.2, -0.15) is 0 Å². The largest absolute Gasteiger partial charge is 0.375 e. The minimum atomic E-state index is 0.641. The highest BCUT2D eigenvalue weighted by Gasteiger charge is 2.01. The van der Waals surface area contributed by atoms with Gasteiger partial charge in [0.25, 0.3) is 0 Å². The van der Waals surface area contributed by atoms with Crippen LogP contribution in [0.1, 0.15) is 26.2 Å². The van der Waals surface area contributed by atoms with Gasteiger partial charge in [-0.1, -0.05) is 24.6 Å². The SMILES string of the molecule is CNC(C)CCCCN(C)c1ccccc1. The lowest BCUT2D eigenvalue weighted by atomic mass is 10.1. The predicted molar refractivity (Wildman–Crippen MR) is 72.1 cm³/mol. The third-order valence-electron chi connectivity index (χ3n) is 3.07. The fourth-order valence-electron chi connectivity index (χ4n) is 1.76. The Hall–Kier alpha value is -1.02. The molecule has 2 heteroatoms. The van der Waals surface area contributed by atoms with Crippen LogP contribution in [0.2, 0.25) is 0 Å². The van der Waals surface area contributed by atoms with Crippen molar-refractivity contribution in [3.8, 4) is 0 Å². The zero-order valence-corrected chi connectivity index (χ0v) is 10.7. The van der Waals surface area contributed by atoms with E-state index in [-0.39, 0.29) is 0 Å². The predicted octanol–water partition coefficient (Wildman–Crippen LogP) is 2.90. The summed E-state index contributed by atoms with van der Waals surface area (Å²) in [5.41, 5.74) is 1.31. The fraction of sp³-hybridized carbons (Fsp3) is 0.571. The van der Waals surface area contributed by atoms with Crippen LogP contribution in [0.15, 0.2) is 30.3 Å². The second-order valence-corrected chi connectivity index (χ2v) is 4.44. The van der Waals surface area contributed by atoms with Crippen LogP contribution in [0, 0.1) is 0 Å². The molecule has 1 rings (SSSR count). The lowest BCUT2D eigenvalue weighted by molar-refractivity contribution is 0.528. The van der Waals surface area contributed by atoms with Gasteiger partial charge in [0, 0.05) is 25.3 Å². The summed E-state index contributed by atoms with van der Waals surface area (Å²) in [5, 5.41) is 3.27. The van der Waals surface area contributed by atoms with Crippen LogP contribution in [0.25, 0.3) is 0 Å². The maximum Gasteiger partial charge on any atom is 0.0363 e. The molecule has 0 saturated heterocycles. The molecule has 0 spiro atoms. The molecule has 1 atom stereocenters. The van der Waals surface area contributed by atoms with Crippen molar-refractivity contribution in [1.29, 1.82) is 0 Å². The van der Waals surface area contributed by atoms with Crippen LogP contribution in [-0.4, -0.2) is 26.7 Å². The van der Waals surface area contributed by atoms with E-state index >= 15 is 0 Å². The molecule has 1 aromatic carbocycles. The normalized spacial score (nSPS) is 12.4. The standard InChI is InChI=1S/C14H24N2/c1-13(15-2)9-7-8-12-16(3)14-10-5-4-6-11-14/h4-6,10-11,13,15H,7-9,12H2,1-3H3. The summed E-state index contributed by atoms with van der Waals surface area (Å²) in [7, 11) is 4.19. The quantitative estimate of drug-likeness (QED) is 0.711. The minimum absolute atomic E-state index is 0.641. The summed E-state index contributed by atoms with van der Waals surface area (Å²) in [4.78, 5) is 2.32. The number of nitrogens with zero attached hydrogens (tertiary/aromatic N) is 1. The smallest absolute Gasteiger partial charge is 0.0363 e. The Kier molecular flexibility index (Phi) is 5.94. The average Bonchev–Trinajstić information content (AvgIpc) is 2.35. The molecule has 16 heavy (non-hydrogen) atoms. The molecule has 2 nitrogen and oxygen atoms in total. The summed E-state index contributed by atoms with van der Waals surface area (Å²) in [6, 6.07) is 11.2. The lowest BCUT2D eigenvalue weighted by Gasteiger charge is -2.19. The van der Waals surface area contributed by atoms with Gasteiger partial charge in [0.05, 0.1) is 0 Å². The number of rotatable bonds is 7. The Morgan fingerprint density at radius 1 is 1.19 bits per heavy atom. The number of hydrogen-bond acceptors (Lipinski definition) is 2. The third kappa shape index (κ3) is 4.67. The first kappa shape index (κ1) is 13.0. The molecule has 0 aliphatic heterocycles. The topological polar surface area (TPSA) is 15.3 Å². The molecule has 0 aromatic heterocycles. The second kappa shape index (κ2) is 7.29. The first-order valence-corrected chi connectivity index (χ1v) is 6.17. The lowest BCUT2D eigenvalue weighted by Crippen LogP contribution is -2.22. The van der Waals surface area contributed by atoms with Crippen molar-refractivity contribution in [2.24, 2.45) is 0 Å². The Bertz CT molecular complexity index is 271. The molecule has 0 heterocycles. The highest BCUT2D eigenvalue weighted by atomic mass is 15.1. The van der Waals surface area contributed by atoms with Crippen LogP contribution >= 0.6 is 0 Å². The molecule has 0 saturated carbocycles. The van der Waals surface area contributed by atoms with E-state index in [4.69, 9.17) is 0 Å². The summed E-state index contributed by atoms with van der Waals surface area (Å²) in [6.07, 6.45) is 3.82. The van der Waals surface area contributed by atoms with Crippen LogP contribution in [0.4, 0.5) is 5.69 Å².